The molecule has 108 valence electrons. The van der Waals surface area contributed by atoms with Crippen LogP contribution >= 0.6 is 0 Å². The lowest BCUT2D eigenvalue weighted by Crippen LogP contribution is -2.44. The van der Waals surface area contributed by atoms with Gasteiger partial charge in [-0.15, -0.1) is 0 Å². The SMILES string of the molecule is CCCNC(Cc1c(C)cc(C)cc1C)C(F)(F)F. The van der Waals surface area contributed by atoms with Crippen LogP contribution in [0.1, 0.15) is 35.6 Å². The summed E-state index contributed by atoms with van der Waals surface area (Å²) in [5.74, 6) is 0. The molecule has 0 amide bonds. The first kappa shape index (κ1) is 16.0. The van der Waals surface area contributed by atoms with Gasteiger partial charge in [0, 0.05) is 0 Å². The highest BCUT2D eigenvalue weighted by molar-refractivity contribution is 5.38. The Morgan fingerprint density at radius 1 is 1.11 bits per heavy atom. The fraction of sp³-hybridized carbons (Fsp3) is 0.600. The van der Waals surface area contributed by atoms with E-state index in [1.807, 2.05) is 39.8 Å². The molecule has 0 aliphatic carbocycles. The molecule has 0 aliphatic heterocycles. The number of hydrogen-bond acceptors (Lipinski definition) is 1. The van der Waals surface area contributed by atoms with Crippen LogP contribution in [0.4, 0.5) is 13.2 Å². The van der Waals surface area contributed by atoms with E-state index in [4.69, 9.17) is 0 Å². The Morgan fingerprint density at radius 2 is 1.63 bits per heavy atom. The van der Waals surface area contributed by atoms with Gasteiger partial charge >= 0.3 is 6.18 Å². The Bertz CT molecular complexity index is 401. The molecular formula is C15H22F3N. The third-order valence-corrected chi connectivity index (χ3v) is 3.28. The van der Waals surface area contributed by atoms with Crippen LogP contribution in [0, 0.1) is 20.8 Å². The van der Waals surface area contributed by atoms with Crippen molar-refractivity contribution in [1.82, 2.24) is 5.32 Å². The Hall–Kier alpha value is -1.03. The summed E-state index contributed by atoms with van der Waals surface area (Å²) >= 11 is 0. The molecule has 1 nitrogen and oxygen atoms in total. The topological polar surface area (TPSA) is 12.0 Å². The van der Waals surface area contributed by atoms with Crippen LogP contribution < -0.4 is 5.32 Å². The van der Waals surface area contributed by atoms with Crippen molar-refractivity contribution in [3.63, 3.8) is 0 Å². The number of nitrogens with one attached hydrogen (secondary N) is 1. The van der Waals surface area contributed by atoms with Gasteiger partial charge in [0.2, 0.25) is 0 Å². The maximum atomic E-state index is 13.0. The van der Waals surface area contributed by atoms with Crippen molar-refractivity contribution < 1.29 is 13.2 Å². The van der Waals surface area contributed by atoms with E-state index in [9.17, 15) is 13.2 Å². The van der Waals surface area contributed by atoms with Crippen molar-refractivity contribution in [2.75, 3.05) is 6.54 Å². The zero-order chi connectivity index (χ0) is 14.6. The fourth-order valence-electron chi connectivity index (χ4n) is 2.36. The average molecular weight is 273 g/mol. The minimum Gasteiger partial charge on any atom is -0.306 e. The van der Waals surface area contributed by atoms with E-state index in [2.05, 4.69) is 5.32 Å². The summed E-state index contributed by atoms with van der Waals surface area (Å²) in [6.07, 6.45) is -3.52. The molecule has 0 spiro atoms. The summed E-state index contributed by atoms with van der Waals surface area (Å²) in [4.78, 5) is 0. The van der Waals surface area contributed by atoms with E-state index in [1.165, 1.54) is 0 Å². The number of aryl methyl sites for hydroxylation is 3. The molecule has 0 fully saturated rings. The molecule has 1 unspecified atom stereocenters. The van der Waals surface area contributed by atoms with E-state index >= 15 is 0 Å². The summed E-state index contributed by atoms with van der Waals surface area (Å²) < 4.78 is 39.0. The molecule has 1 rings (SSSR count). The molecule has 0 aromatic heterocycles. The zero-order valence-corrected chi connectivity index (χ0v) is 12.0. The van der Waals surface area contributed by atoms with E-state index in [0.29, 0.717) is 13.0 Å². The van der Waals surface area contributed by atoms with Crippen LogP contribution in [0.3, 0.4) is 0 Å². The molecule has 0 aliphatic rings. The summed E-state index contributed by atoms with van der Waals surface area (Å²) in [7, 11) is 0. The number of rotatable bonds is 5. The Kier molecular flexibility index (Phi) is 5.41. The summed E-state index contributed by atoms with van der Waals surface area (Å²) in [5, 5.41) is 2.60. The maximum Gasteiger partial charge on any atom is 0.404 e. The van der Waals surface area contributed by atoms with Crippen LogP contribution in [-0.4, -0.2) is 18.8 Å². The molecule has 0 saturated heterocycles. The highest BCUT2D eigenvalue weighted by atomic mass is 19.4. The predicted octanol–water partition coefficient (Wildman–Crippen LogP) is 4.08. The molecule has 1 aromatic rings. The maximum absolute atomic E-state index is 13.0. The van der Waals surface area contributed by atoms with Crippen molar-refractivity contribution in [3.05, 3.63) is 34.4 Å². The Morgan fingerprint density at radius 3 is 2.05 bits per heavy atom. The number of halogens is 3. The normalized spacial score (nSPS) is 13.6. The fourth-order valence-corrected chi connectivity index (χ4v) is 2.36. The quantitative estimate of drug-likeness (QED) is 0.852. The second-order valence-electron chi connectivity index (χ2n) is 5.13. The third kappa shape index (κ3) is 4.53. The van der Waals surface area contributed by atoms with Gasteiger partial charge in [-0.05, 0) is 56.8 Å². The van der Waals surface area contributed by atoms with Gasteiger partial charge in [0.1, 0.15) is 6.04 Å². The summed E-state index contributed by atoms with van der Waals surface area (Å²) in [6, 6.07) is 2.41. The molecule has 19 heavy (non-hydrogen) atoms. The largest absolute Gasteiger partial charge is 0.404 e. The molecule has 0 radical (unpaired) electrons. The minimum absolute atomic E-state index is 0.00144. The first-order chi connectivity index (χ1) is 8.75. The lowest BCUT2D eigenvalue weighted by atomic mass is 9.94. The molecule has 0 bridgehead atoms. The van der Waals surface area contributed by atoms with Crippen LogP contribution in [0.25, 0.3) is 0 Å². The smallest absolute Gasteiger partial charge is 0.306 e. The second kappa shape index (κ2) is 6.42. The lowest BCUT2D eigenvalue weighted by Gasteiger charge is -2.23. The number of benzene rings is 1. The monoisotopic (exact) mass is 273 g/mol. The van der Waals surface area contributed by atoms with Gasteiger partial charge in [0.25, 0.3) is 0 Å². The zero-order valence-electron chi connectivity index (χ0n) is 12.0. The third-order valence-electron chi connectivity index (χ3n) is 3.28. The van der Waals surface area contributed by atoms with Crippen LogP contribution in [-0.2, 0) is 6.42 Å². The lowest BCUT2D eigenvalue weighted by molar-refractivity contribution is -0.155. The van der Waals surface area contributed by atoms with Crippen molar-refractivity contribution >= 4 is 0 Å². The molecule has 1 N–H and O–H groups in total. The molecule has 0 heterocycles. The van der Waals surface area contributed by atoms with Gasteiger partial charge in [-0.1, -0.05) is 24.6 Å². The van der Waals surface area contributed by atoms with Gasteiger partial charge in [-0.3, -0.25) is 0 Å². The van der Waals surface area contributed by atoms with Crippen molar-refractivity contribution in [1.29, 1.82) is 0 Å². The standard InChI is InChI=1S/C15H22F3N/c1-5-6-19-14(15(16,17)18)9-13-11(3)7-10(2)8-12(13)4/h7-8,14,19H,5-6,9H2,1-4H3. The molecule has 4 heteroatoms. The van der Waals surface area contributed by atoms with E-state index in [1.54, 1.807) is 0 Å². The Balaban J connectivity index is 2.96. The number of alkyl halides is 3. The van der Waals surface area contributed by atoms with Crippen molar-refractivity contribution in [3.8, 4) is 0 Å². The second-order valence-corrected chi connectivity index (χ2v) is 5.13. The van der Waals surface area contributed by atoms with E-state index in [0.717, 1.165) is 22.3 Å². The summed E-state index contributed by atoms with van der Waals surface area (Å²) in [6.45, 7) is 7.96. The van der Waals surface area contributed by atoms with Gasteiger partial charge in [-0.2, -0.15) is 13.2 Å². The highest BCUT2D eigenvalue weighted by Crippen LogP contribution is 2.26. The first-order valence-corrected chi connectivity index (χ1v) is 6.62. The van der Waals surface area contributed by atoms with Crippen LogP contribution in [0.15, 0.2) is 12.1 Å². The average Bonchev–Trinajstić information content (AvgIpc) is 2.25. The first-order valence-electron chi connectivity index (χ1n) is 6.62. The van der Waals surface area contributed by atoms with Crippen LogP contribution in [0.5, 0.6) is 0 Å². The molecule has 1 atom stereocenters. The van der Waals surface area contributed by atoms with Crippen LogP contribution in [0.2, 0.25) is 0 Å². The molecular weight excluding hydrogens is 251 g/mol. The Labute approximate surface area is 113 Å². The van der Waals surface area contributed by atoms with E-state index < -0.39 is 12.2 Å². The van der Waals surface area contributed by atoms with Gasteiger partial charge in [-0.25, -0.2) is 0 Å². The molecule has 1 aromatic carbocycles. The minimum atomic E-state index is -4.21. The van der Waals surface area contributed by atoms with Gasteiger partial charge in [0.05, 0.1) is 0 Å². The van der Waals surface area contributed by atoms with Crippen molar-refractivity contribution in [2.45, 2.75) is 52.8 Å². The molecule has 0 saturated carbocycles. The van der Waals surface area contributed by atoms with Crippen molar-refractivity contribution in [2.24, 2.45) is 0 Å². The predicted molar refractivity (Wildman–Crippen MR) is 72.5 cm³/mol. The van der Waals surface area contributed by atoms with E-state index in [-0.39, 0.29) is 6.42 Å². The van der Waals surface area contributed by atoms with Gasteiger partial charge in [0.15, 0.2) is 0 Å². The van der Waals surface area contributed by atoms with Gasteiger partial charge < -0.3 is 5.32 Å². The number of hydrogen-bond donors (Lipinski definition) is 1. The summed E-state index contributed by atoms with van der Waals surface area (Å²) in [5.41, 5.74) is 3.76. The highest BCUT2D eigenvalue weighted by Gasteiger charge is 2.39.